The molecule has 0 aromatic rings. The standard InChI is InChI=1S/C9H20N2/c1-8(6-7-11(2)3)10-9-4-5-9/h8-10H,4-7H2,1-3H3. The minimum absolute atomic E-state index is 0.699. The maximum Gasteiger partial charge on any atom is 0.00707 e. The van der Waals surface area contributed by atoms with Crippen molar-refractivity contribution in [3.05, 3.63) is 0 Å². The van der Waals surface area contributed by atoms with Gasteiger partial charge in [-0.3, -0.25) is 0 Å². The van der Waals surface area contributed by atoms with Crippen LogP contribution in [0.3, 0.4) is 0 Å². The zero-order chi connectivity index (χ0) is 8.27. The topological polar surface area (TPSA) is 15.3 Å². The zero-order valence-electron chi connectivity index (χ0n) is 7.93. The minimum Gasteiger partial charge on any atom is -0.311 e. The normalized spacial score (nSPS) is 20.7. The van der Waals surface area contributed by atoms with Crippen LogP contribution in [0.15, 0.2) is 0 Å². The molecule has 0 spiro atoms. The molecule has 0 radical (unpaired) electrons. The minimum atomic E-state index is 0.699. The molecule has 1 aliphatic carbocycles. The number of hydrogen-bond donors (Lipinski definition) is 1. The van der Waals surface area contributed by atoms with Gasteiger partial charge in [-0.1, -0.05) is 0 Å². The molecule has 2 nitrogen and oxygen atoms in total. The lowest BCUT2D eigenvalue weighted by atomic mass is 10.2. The van der Waals surface area contributed by atoms with E-state index in [0.29, 0.717) is 6.04 Å². The lowest BCUT2D eigenvalue weighted by Crippen LogP contribution is -2.31. The Labute approximate surface area is 70.0 Å². The second-order valence-corrected chi connectivity index (χ2v) is 3.93. The van der Waals surface area contributed by atoms with E-state index in [1.165, 1.54) is 25.8 Å². The van der Waals surface area contributed by atoms with Crippen LogP contribution in [-0.2, 0) is 0 Å². The number of nitrogens with one attached hydrogen (secondary N) is 1. The molecule has 0 aliphatic heterocycles. The van der Waals surface area contributed by atoms with Crippen LogP contribution in [0.4, 0.5) is 0 Å². The molecule has 66 valence electrons. The maximum absolute atomic E-state index is 3.58. The van der Waals surface area contributed by atoms with Crippen molar-refractivity contribution in [2.75, 3.05) is 20.6 Å². The molecule has 0 heterocycles. The van der Waals surface area contributed by atoms with Crippen LogP contribution in [-0.4, -0.2) is 37.6 Å². The Kier molecular flexibility index (Phi) is 3.34. The van der Waals surface area contributed by atoms with Crippen LogP contribution in [0.5, 0.6) is 0 Å². The fourth-order valence-corrected chi connectivity index (χ4v) is 1.19. The molecule has 1 aliphatic rings. The molecule has 1 saturated carbocycles. The fourth-order valence-electron chi connectivity index (χ4n) is 1.19. The highest BCUT2D eigenvalue weighted by molar-refractivity contribution is 4.83. The Bertz CT molecular complexity index is 108. The van der Waals surface area contributed by atoms with Gasteiger partial charge >= 0.3 is 0 Å². The van der Waals surface area contributed by atoms with Gasteiger partial charge in [-0.15, -0.1) is 0 Å². The summed E-state index contributed by atoms with van der Waals surface area (Å²) in [6, 6.07) is 1.55. The quantitative estimate of drug-likeness (QED) is 0.641. The molecule has 1 rings (SSSR count). The molecule has 0 amide bonds. The van der Waals surface area contributed by atoms with Crippen molar-refractivity contribution in [2.24, 2.45) is 0 Å². The van der Waals surface area contributed by atoms with Gasteiger partial charge in [0.05, 0.1) is 0 Å². The fraction of sp³-hybridized carbons (Fsp3) is 1.00. The molecule has 11 heavy (non-hydrogen) atoms. The van der Waals surface area contributed by atoms with E-state index in [1.54, 1.807) is 0 Å². The van der Waals surface area contributed by atoms with E-state index in [4.69, 9.17) is 0 Å². The molecule has 1 atom stereocenters. The van der Waals surface area contributed by atoms with Gasteiger partial charge < -0.3 is 10.2 Å². The van der Waals surface area contributed by atoms with Crippen molar-refractivity contribution in [3.8, 4) is 0 Å². The molecule has 0 aromatic carbocycles. The summed E-state index contributed by atoms with van der Waals surface area (Å²) in [6.45, 7) is 3.47. The number of rotatable bonds is 5. The predicted molar refractivity (Wildman–Crippen MR) is 48.8 cm³/mol. The summed E-state index contributed by atoms with van der Waals surface area (Å²) in [6.07, 6.45) is 4.06. The molecule has 2 heteroatoms. The Morgan fingerprint density at radius 1 is 1.45 bits per heavy atom. The van der Waals surface area contributed by atoms with Gasteiger partial charge in [0.15, 0.2) is 0 Å². The van der Waals surface area contributed by atoms with E-state index >= 15 is 0 Å². The van der Waals surface area contributed by atoms with Crippen molar-refractivity contribution < 1.29 is 0 Å². The molecule has 1 N–H and O–H groups in total. The highest BCUT2D eigenvalue weighted by atomic mass is 15.1. The molecular weight excluding hydrogens is 136 g/mol. The summed E-state index contributed by atoms with van der Waals surface area (Å²) < 4.78 is 0. The summed E-state index contributed by atoms with van der Waals surface area (Å²) >= 11 is 0. The first-order valence-electron chi connectivity index (χ1n) is 4.59. The van der Waals surface area contributed by atoms with Gasteiger partial charge in [0.25, 0.3) is 0 Å². The van der Waals surface area contributed by atoms with Gasteiger partial charge in [-0.05, 0) is 46.8 Å². The van der Waals surface area contributed by atoms with E-state index in [2.05, 4.69) is 31.2 Å². The average molecular weight is 156 g/mol. The third-order valence-corrected chi connectivity index (χ3v) is 2.11. The first-order chi connectivity index (χ1) is 5.18. The Hall–Kier alpha value is -0.0800. The highest BCUT2D eigenvalue weighted by Gasteiger charge is 2.22. The number of hydrogen-bond acceptors (Lipinski definition) is 2. The molecule has 1 fully saturated rings. The van der Waals surface area contributed by atoms with Crippen LogP contribution >= 0.6 is 0 Å². The van der Waals surface area contributed by atoms with Gasteiger partial charge in [0, 0.05) is 12.1 Å². The lowest BCUT2D eigenvalue weighted by Gasteiger charge is -2.15. The summed E-state index contributed by atoms with van der Waals surface area (Å²) in [4.78, 5) is 2.24. The molecule has 1 unspecified atom stereocenters. The third-order valence-electron chi connectivity index (χ3n) is 2.11. The van der Waals surface area contributed by atoms with Crippen LogP contribution in [0.2, 0.25) is 0 Å². The monoisotopic (exact) mass is 156 g/mol. The number of nitrogens with zero attached hydrogens (tertiary/aromatic N) is 1. The van der Waals surface area contributed by atoms with E-state index < -0.39 is 0 Å². The van der Waals surface area contributed by atoms with E-state index in [-0.39, 0.29) is 0 Å². The first kappa shape index (κ1) is 9.01. The maximum atomic E-state index is 3.58. The van der Waals surface area contributed by atoms with Gasteiger partial charge in [-0.2, -0.15) is 0 Å². The Balaban J connectivity index is 1.95. The van der Waals surface area contributed by atoms with Crippen molar-refractivity contribution in [3.63, 3.8) is 0 Å². The zero-order valence-corrected chi connectivity index (χ0v) is 7.93. The summed E-state index contributed by atoms with van der Waals surface area (Å²) in [5.74, 6) is 0. The van der Waals surface area contributed by atoms with Gasteiger partial charge in [0.2, 0.25) is 0 Å². The average Bonchev–Trinajstić information content (AvgIpc) is 2.67. The SMILES string of the molecule is CC(CCN(C)C)NC1CC1. The van der Waals surface area contributed by atoms with E-state index in [1.807, 2.05) is 0 Å². The van der Waals surface area contributed by atoms with Crippen molar-refractivity contribution >= 4 is 0 Å². The summed E-state index contributed by atoms with van der Waals surface area (Å²) in [5, 5.41) is 3.58. The molecule has 0 aromatic heterocycles. The van der Waals surface area contributed by atoms with E-state index in [9.17, 15) is 0 Å². The molecular formula is C9H20N2. The first-order valence-corrected chi connectivity index (χ1v) is 4.59. The Morgan fingerprint density at radius 2 is 2.09 bits per heavy atom. The van der Waals surface area contributed by atoms with Crippen molar-refractivity contribution in [1.29, 1.82) is 0 Å². The molecule has 0 bridgehead atoms. The van der Waals surface area contributed by atoms with Crippen LogP contribution in [0.25, 0.3) is 0 Å². The largest absolute Gasteiger partial charge is 0.311 e. The lowest BCUT2D eigenvalue weighted by molar-refractivity contribution is 0.365. The van der Waals surface area contributed by atoms with Gasteiger partial charge in [-0.25, -0.2) is 0 Å². The van der Waals surface area contributed by atoms with Crippen LogP contribution in [0.1, 0.15) is 26.2 Å². The van der Waals surface area contributed by atoms with Crippen LogP contribution < -0.4 is 5.32 Å². The second kappa shape index (κ2) is 4.07. The molecule has 0 saturated heterocycles. The smallest absolute Gasteiger partial charge is 0.00707 e. The highest BCUT2D eigenvalue weighted by Crippen LogP contribution is 2.19. The predicted octanol–water partition coefficient (Wildman–Crippen LogP) is 1.08. The Morgan fingerprint density at radius 3 is 2.55 bits per heavy atom. The second-order valence-electron chi connectivity index (χ2n) is 3.93. The van der Waals surface area contributed by atoms with Crippen LogP contribution in [0, 0.1) is 0 Å². The third kappa shape index (κ3) is 4.38. The van der Waals surface area contributed by atoms with Crippen molar-refractivity contribution in [2.45, 2.75) is 38.3 Å². The summed E-state index contributed by atoms with van der Waals surface area (Å²) in [7, 11) is 4.26. The summed E-state index contributed by atoms with van der Waals surface area (Å²) in [5.41, 5.74) is 0. The van der Waals surface area contributed by atoms with Gasteiger partial charge in [0.1, 0.15) is 0 Å². The van der Waals surface area contributed by atoms with Crippen molar-refractivity contribution in [1.82, 2.24) is 10.2 Å². The van der Waals surface area contributed by atoms with E-state index in [0.717, 1.165) is 6.04 Å².